The molecule has 3 aromatic rings. The summed E-state index contributed by atoms with van der Waals surface area (Å²) >= 11 is 0. The summed E-state index contributed by atoms with van der Waals surface area (Å²) in [6.07, 6.45) is 4.00. The number of piperidine rings is 1. The molecule has 1 N–H and O–H groups in total. The summed E-state index contributed by atoms with van der Waals surface area (Å²) in [5, 5.41) is 1.14. The van der Waals surface area contributed by atoms with Crippen molar-refractivity contribution < 1.29 is 4.79 Å². The number of carbonyl (C=O) groups excluding carboxylic acids is 1. The number of nitrogens with zero attached hydrogens (tertiary/aromatic N) is 4. The summed E-state index contributed by atoms with van der Waals surface area (Å²) in [5.74, 6) is 0.187. The van der Waals surface area contributed by atoms with Crippen molar-refractivity contribution in [2.45, 2.75) is 12.8 Å². The molecule has 5 rings (SSSR count). The number of amides is 1. The molecule has 0 radical (unpaired) electrons. The van der Waals surface area contributed by atoms with E-state index in [2.05, 4.69) is 56.5 Å². The fourth-order valence-corrected chi connectivity index (χ4v) is 5.01. The molecule has 0 bridgehead atoms. The second-order valence-electron chi connectivity index (χ2n) is 9.02. The number of likely N-dealkylation sites (tertiary alicyclic amines) is 1. The van der Waals surface area contributed by atoms with E-state index in [9.17, 15) is 4.79 Å². The summed E-state index contributed by atoms with van der Waals surface area (Å²) in [5.41, 5.74) is 5.49. The van der Waals surface area contributed by atoms with Crippen molar-refractivity contribution >= 4 is 59.7 Å². The van der Waals surface area contributed by atoms with E-state index in [0.717, 1.165) is 76.1 Å². The lowest BCUT2D eigenvalue weighted by Gasteiger charge is -2.38. The SMILES string of the molecule is Cl.Cl.Cl.O=C(Nn1ccc2ccccc21)C1CCCN(CCN2CCN(c3ccccc3)CC2)C1. The number of para-hydroxylation sites is 2. The van der Waals surface area contributed by atoms with Crippen molar-refractivity contribution in [2.24, 2.45) is 5.92 Å². The summed E-state index contributed by atoms with van der Waals surface area (Å²) in [7, 11) is 0. The Morgan fingerprint density at radius 1 is 0.800 bits per heavy atom. The predicted octanol–water partition coefficient (Wildman–Crippen LogP) is 4.51. The lowest BCUT2D eigenvalue weighted by molar-refractivity contribution is -0.122. The van der Waals surface area contributed by atoms with Crippen LogP contribution in [0.4, 0.5) is 5.69 Å². The molecule has 35 heavy (non-hydrogen) atoms. The molecule has 2 aromatic carbocycles. The molecule has 192 valence electrons. The maximum Gasteiger partial charge on any atom is 0.243 e. The van der Waals surface area contributed by atoms with Gasteiger partial charge in [0.2, 0.25) is 5.91 Å². The molecule has 2 aliphatic rings. The first kappa shape index (κ1) is 29.3. The van der Waals surface area contributed by atoms with Crippen LogP contribution in [-0.2, 0) is 4.79 Å². The molecule has 1 amide bonds. The highest BCUT2D eigenvalue weighted by Crippen LogP contribution is 2.19. The number of anilines is 1. The van der Waals surface area contributed by atoms with Gasteiger partial charge in [-0.3, -0.25) is 19.8 Å². The maximum absolute atomic E-state index is 13.0. The highest BCUT2D eigenvalue weighted by molar-refractivity contribution is 5.89. The highest BCUT2D eigenvalue weighted by atomic mass is 35.5. The predicted molar refractivity (Wildman–Crippen MR) is 152 cm³/mol. The summed E-state index contributed by atoms with van der Waals surface area (Å²) in [6, 6.07) is 20.9. The molecule has 2 aliphatic heterocycles. The van der Waals surface area contributed by atoms with E-state index in [1.54, 1.807) is 0 Å². The molecule has 0 aliphatic carbocycles. The largest absolute Gasteiger partial charge is 0.369 e. The van der Waals surface area contributed by atoms with Crippen molar-refractivity contribution in [3.8, 4) is 0 Å². The first-order valence-electron chi connectivity index (χ1n) is 11.9. The van der Waals surface area contributed by atoms with Gasteiger partial charge in [-0.1, -0.05) is 36.4 Å². The van der Waals surface area contributed by atoms with Crippen LogP contribution in [0.2, 0.25) is 0 Å². The number of rotatable bonds is 6. The molecule has 1 unspecified atom stereocenters. The van der Waals surface area contributed by atoms with E-state index in [-0.39, 0.29) is 49.0 Å². The second-order valence-corrected chi connectivity index (χ2v) is 9.02. The van der Waals surface area contributed by atoms with Gasteiger partial charge in [-0.2, -0.15) is 0 Å². The Hall–Kier alpha value is -1.96. The summed E-state index contributed by atoms with van der Waals surface area (Å²) in [4.78, 5) is 20.5. The van der Waals surface area contributed by atoms with E-state index in [1.807, 2.05) is 35.1 Å². The zero-order chi connectivity index (χ0) is 21.8. The van der Waals surface area contributed by atoms with Crippen LogP contribution in [0.15, 0.2) is 66.9 Å². The molecule has 0 saturated carbocycles. The number of halogens is 3. The van der Waals surface area contributed by atoms with E-state index >= 15 is 0 Å². The minimum atomic E-state index is 0. The van der Waals surface area contributed by atoms with Gasteiger partial charge in [0.25, 0.3) is 0 Å². The van der Waals surface area contributed by atoms with Crippen molar-refractivity contribution in [3.63, 3.8) is 0 Å². The quantitative estimate of drug-likeness (QED) is 0.500. The molecular weight excluding hydrogens is 505 g/mol. The fraction of sp³-hybridized carbons (Fsp3) is 0.423. The molecule has 2 saturated heterocycles. The van der Waals surface area contributed by atoms with Crippen LogP contribution in [0.1, 0.15) is 12.8 Å². The third-order valence-electron chi connectivity index (χ3n) is 6.93. The second kappa shape index (κ2) is 14.0. The number of benzene rings is 2. The van der Waals surface area contributed by atoms with Crippen LogP contribution in [0.3, 0.4) is 0 Å². The Morgan fingerprint density at radius 3 is 2.26 bits per heavy atom. The number of fused-ring (bicyclic) bond motifs is 1. The lowest BCUT2D eigenvalue weighted by atomic mass is 9.97. The Bertz CT molecular complexity index is 1040. The molecule has 9 heteroatoms. The number of nitrogens with one attached hydrogen (secondary N) is 1. The van der Waals surface area contributed by atoms with Gasteiger partial charge in [0.15, 0.2) is 0 Å². The lowest BCUT2D eigenvalue weighted by Crippen LogP contribution is -2.50. The van der Waals surface area contributed by atoms with E-state index in [4.69, 9.17) is 0 Å². The molecule has 3 heterocycles. The Kier molecular flexibility index (Phi) is 11.7. The minimum Gasteiger partial charge on any atom is -0.369 e. The number of hydrogen-bond acceptors (Lipinski definition) is 4. The zero-order valence-electron chi connectivity index (χ0n) is 19.9. The molecule has 1 atom stereocenters. The van der Waals surface area contributed by atoms with Gasteiger partial charge >= 0.3 is 0 Å². The third-order valence-corrected chi connectivity index (χ3v) is 6.93. The zero-order valence-corrected chi connectivity index (χ0v) is 22.4. The van der Waals surface area contributed by atoms with Gasteiger partial charge in [0.1, 0.15) is 0 Å². The van der Waals surface area contributed by atoms with E-state index < -0.39 is 0 Å². The molecule has 2 fully saturated rings. The van der Waals surface area contributed by atoms with Crippen molar-refractivity contribution in [1.29, 1.82) is 0 Å². The van der Waals surface area contributed by atoms with Gasteiger partial charge in [-0.25, -0.2) is 0 Å². The smallest absolute Gasteiger partial charge is 0.243 e. The standard InChI is InChI=1S/C26H33N5O.3ClH/c32-26(27-31-14-12-22-7-4-5-11-25(22)31)23-8-6-13-29(21-23)16-15-28-17-19-30(20-18-28)24-9-2-1-3-10-24;;;/h1-5,7,9-12,14,23H,6,8,13,15-21H2,(H,27,32);3*1H. The van der Waals surface area contributed by atoms with Crippen LogP contribution in [0.5, 0.6) is 0 Å². The summed E-state index contributed by atoms with van der Waals surface area (Å²) < 4.78 is 1.86. The van der Waals surface area contributed by atoms with Crippen molar-refractivity contribution in [2.75, 3.05) is 62.7 Å². The molecule has 0 spiro atoms. The molecule has 1 aromatic heterocycles. The first-order valence-corrected chi connectivity index (χ1v) is 11.9. The Morgan fingerprint density at radius 2 is 1.49 bits per heavy atom. The minimum absolute atomic E-state index is 0. The topological polar surface area (TPSA) is 43.8 Å². The average Bonchev–Trinajstić information content (AvgIpc) is 3.26. The van der Waals surface area contributed by atoms with Crippen molar-refractivity contribution in [3.05, 3.63) is 66.9 Å². The highest BCUT2D eigenvalue weighted by Gasteiger charge is 2.27. The molecular formula is C26H36Cl3N5O. The third kappa shape index (κ3) is 7.28. The van der Waals surface area contributed by atoms with Crippen LogP contribution in [0, 0.1) is 5.92 Å². The average molecular weight is 541 g/mol. The monoisotopic (exact) mass is 539 g/mol. The fourth-order valence-electron chi connectivity index (χ4n) is 5.01. The normalized spacial score (nSPS) is 18.7. The van der Waals surface area contributed by atoms with E-state index in [0.29, 0.717) is 0 Å². The van der Waals surface area contributed by atoms with Gasteiger partial charge in [-0.05, 0) is 43.7 Å². The maximum atomic E-state index is 13.0. The van der Waals surface area contributed by atoms with Gasteiger partial charge < -0.3 is 9.80 Å². The number of piperazine rings is 1. The van der Waals surface area contributed by atoms with Crippen LogP contribution >= 0.6 is 37.2 Å². The first-order chi connectivity index (χ1) is 15.8. The Labute approximate surface area is 226 Å². The van der Waals surface area contributed by atoms with Crippen molar-refractivity contribution in [1.82, 2.24) is 14.5 Å². The summed E-state index contributed by atoms with van der Waals surface area (Å²) in [6.45, 7) is 8.45. The van der Waals surface area contributed by atoms with Crippen LogP contribution < -0.4 is 10.3 Å². The van der Waals surface area contributed by atoms with Gasteiger partial charge in [0, 0.05) is 63.1 Å². The number of carbonyl (C=O) groups is 1. The van der Waals surface area contributed by atoms with Crippen LogP contribution in [-0.4, -0.2) is 72.7 Å². The van der Waals surface area contributed by atoms with E-state index in [1.165, 1.54) is 5.69 Å². The van der Waals surface area contributed by atoms with Crippen LogP contribution in [0.25, 0.3) is 10.9 Å². The molecule has 6 nitrogen and oxygen atoms in total. The number of aromatic nitrogens is 1. The number of hydrogen-bond donors (Lipinski definition) is 1. The van der Waals surface area contributed by atoms with Gasteiger partial charge in [-0.15, -0.1) is 37.2 Å². The van der Waals surface area contributed by atoms with Gasteiger partial charge in [0.05, 0.1) is 11.4 Å². The Balaban J connectivity index is 0.00000144.